The molecule has 0 aliphatic heterocycles. The zero-order valence-electron chi connectivity index (χ0n) is 13.1. The molecule has 3 nitrogen and oxygen atoms in total. The first-order chi connectivity index (χ1) is 9.75. The van der Waals surface area contributed by atoms with Gasteiger partial charge in [0.05, 0.1) is 6.04 Å². The van der Waals surface area contributed by atoms with Gasteiger partial charge in [-0.3, -0.25) is 4.79 Å². The van der Waals surface area contributed by atoms with Crippen molar-refractivity contribution >= 4 is 29.1 Å². The van der Waals surface area contributed by atoms with Crippen LogP contribution in [0.1, 0.15) is 39.7 Å². The van der Waals surface area contributed by atoms with Gasteiger partial charge in [0.15, 0.2) is 0 Å². The average Bonchev–Trinajstić information content (AvgIpc) is 2.40. The predicted molar refractivity (Wildman–Crippen MR) is 90.1 cm³/mol. The number of amides is 1. The Labute approximate surface area is 137 Å². The summed E-state index contributed by atoms with van der Waals surface area (Å²) >= 11 is 12.0. The molecule has 0 aliphatic carbocycles. The van der Waals surface area contributed by atoms with E-state index >= 15 is 0 Å². The van der Waals surface area contributed by atoms with Crippen molar-refractivity contribution in [1.29, 1.82) is 0 Å². The van der Waals surface area contributed by atoms with Gasteiger partial charge in [-0.2, -0.15) is 0 Å². The number of benzene rings is 1. The van der Waals surface area contributed by atoms with Crippen LogP contribution < -0.4 is 10.6 Å². The molecule has 1 unspecified atom stereocenters. The number of halogens is 2. The van der Waals surface area contributed by atoms with Crippen molar-refractivity contribution in [2.75, 3.05) is 6.54 Å². The van der Waals surface area contributed by atoms with Crippen LogP contribution in [0.2, 0.25) is 10.0 Å². The lowest BCUT2D eigenvalue weighted by molar-refractivity contribution is -0.124. The van der Waals surface area contributed by atoms with Crippen LogP contribution >= 0.6 is 23.2 Å². The van der Waals surface area contributed by atoms with Gasteiger partial charge in [0.25, 0.3) is 0 Å². The first-order valence-corrected chi connectivity index (χ1v) is 8.00. The van der Waals surface area contributed by atoms with E-state index in [2.05, 4.69) is 17.6 Å². The third-order valence-corrected chi connectivity index (χ3v) is 4.19. The summed E-state index contributed by atoms with van der Waals surface area (Å²) in [4.78, 5) is 12.1. The quantitative estimate of drug-likeness (QED) is 0.797. The molecule has 1 aromatic carbocycles. The molecule has 0 saturated carbocycles. The van der Waals surface area contributed by atoms with Gasteiger partial charge in [0.1, 0.15) is 0 Å². The third kappa shape index (κ3) is 6.25. The largest absolute Gasteiger partial charge is 0.350 e. The molecule has 1 aromatic rings. The zero-order chi connectivity index (χ0) is 16.0. The molecular weight excluding hydrogens is 307 g/mol. The highest BCUT2D eigenvalue weighted by Gasteiger charge is 2.21. The van der Waals surface area contributed by atoms with Crippen LogP contribution in [0.25, 0.3) is 0 Å². The molecule has 0 radical (unpaired) electrons. The monoisotopic (exact) mass is 330 g/mol. The van der Waals surface area contributed by atoms with Crippen LogP contribution in [-0.4, -0.2) is 24.0 Å². The van der Waals surface area contributed by atoms with E-state index in [1.54, 1.807) is 6.07 Å². The molecule has 0 aromatic heterocycles. The fraction of sp³-hybridized carbons (Fsp3) is 0.562. The van der Waals surface area contributed by atoms with Crippen LogP contribution in [0.3, 0.4) is 0 Å². The molecule has 1 amide bonds. The van der Waals surface area contributed by atoms with Gasteiger partial charge in [-0.1, -0.05) is 36.2 Å². The van der Waals surface area contributed by atoms with E-state index in [1.807, 2.05) is 32.9 Å². The SMILES string of the molecule is CCC(C)(C)NC(=O)C(C)NCCc1ccc(Cl)cc1Cl. The second kappa shape index (κ2) is 8.02. The van der Waals surface area contributed by atoms with Crippen LogP contribution in [0.15, 0.2) is 18.2 Å². The summed E-state index contributed by atoms with van der Waals surface area (Å²) in [7, 11) is 0. The van der Waals surface area contributed by atoms with Crippen molar-refractivity contribution in [3.8, 4) is 0 Å². The molecule has 0 saturated heterocycles. The molecule has 0 spiro atoms. The van der Waals surface area contributed by atoms with E-state index in [-0.39, 0.29) is 17.5 Å². The van der Waals surface area contributed by atoms with Gasteiger partial charge in [-0.05, 0) is 57.9 Å². The molecule has 1 rings (SSSR count). The topological polar surface area (TPSA) is 41.1 Å². The van der Waals surface area contributed by atoms with Gasteiger partial charge in [0.2, 0.25) is 5.91 Å². The first kappa shape index (κ1) is 18.3. The summed E-state index contributed by atoms with van der Waals surface area (Å²) in [5.41, 5.74) is 0.849. The highest BCUT2D eigenvalue weighted by Crippen LogP contribution is 2.21. The Balaban J connectivity index is 2.43. The second-order valence-electron chi connectivity index (χ2n) is 5.89. The van der Waals surface area contributed by atoms with Crippen LogP contribution in [0, 0.1) is 0 Å². The lowest BCUT2D eigenvalue weighted by atomic mass is 10.0. The van der Waals surface area contributed by atoms with Crippen molar-refractivity contribution in [2.24, 2.45) is 0 Å². The zero-order valence-corrected chi connectivity index (χ0v) is 14.6. The molecule has 0 aliphatic rings. The number of hydrogen-bond acceptors (Lipinski definition) is 2. The number of nitrogens with one attached hydrogen (secondary N) is 2. The highest BCUT2D eigenvalue weighted by molar-refractivity contribution is 6.35. The van der Waals surface area contributed by atoms with Crippen LogP contribution in [0.4, 0.5) is 0 Å². The van der Waals surface area contributed by atoms with E-state index in [0.717, 1.165) is 18.4 Å². The minimum absolute atomic E-state index is 0.0176. The van der Waals surface area contributed by atoms with Crippen LogP contribution in [0.5, 0.6) is 0 Å². The van der Waals surface area contributed by atoms with Crippen molar-refractivity contribution < 1.29 is 4.79 Å². The molecule has 1 atom stereocenters. The molecule has 5 heteroatoms. The summed E-state index contributed by atoms with van der Waals surface area (Å²) in [6.07, 6.45) is 1.65. The summed E-state index contributed by atoms with van der Waals surface area (Å²) in [6, 6.07) is 5.24. The summed E-state index contributed by atoms with van der Waals surface area (Å²) in [5.74, 6) is 0.0176. The van der Waals surface area contributed by atoms with Crippen molar-refractivity contribution in [2.45, 2.75) is 52.1 Å². The Morgan fingerprint density at radius 2 is 2.00 bits per heavy atom. The van der Waals surface area contributed by atoms with E-state index < -0.39 is 0 Å². The highest BCUT2D eigenvalue weighted by atomic mass is 35.5. The number of hydrogen-bond donors (Lipinski definition) is 2. The van der Waals surface area contributed by atoms with Crippen molar-refractivity contribution in [3.63, 3.8) is 0 Å². The number of carbonyl (C=O) groups is 1. The Bertz CT molecular complexity index is 489. The van der Waals surface area contributed by atoms with Crippen molar-refractivity contribution in [1.82, 2.24) is 10.6 Å². The lowest BCUT2D eigenvalue weighted by Crippen LogP contribution is -2.50. The molecule has 0 bridgehead atoms. The maximum atomic E-state index is 12.1. The maximum Gasteiger partial charge on any atom is 0.237 e. The molecule has 0 heterocycles. The second-order valence-corrected chi connectivity index (χ2v) is 6.73. The molecule has 0 fully saturated rings. The van der Waals surface area contributed by atoms with Gasteiger partial charge < -0.3 is 10.6 Å². The average molecular weight is 331 g/mol. The van der Waals surface area contributed by atoms with Gasteiger partial charge in [0, 0.05) is 15.6 Å². The Morgan fingerprint density at radius 1 is 1.33 bits per heavy atom. The molecular formula is C16H24Cl2N2O. The number of carbonyl (C=O) groups excluding carboxylic acids is 1. The Hall–Kier alpha value is -0.770. The summed E-state index contributed by atoms with van der Waals surface area (Å²) in [6.45, 7) is 8.64. The molecule has 118 valence electrons. The fourth-order valence-corrected chi connectivity index (χ4v) is 2.27. The van der Waals surface area contributed by atoms with E-state index in [0.29, 0.717) is 16.6 Å². The molecule has 2 N–H and O–H groups in total. The van der Waals surface area contributed by atoms with E-state index in [4.69, 9.17) is 23.2 Å². The standard InChI is InChI=1S/C16H24Cl2N2O/c1-5-16(3,4)20-15(21)11(2)19-9-8-12-6-7-13(17)10-14(12)18/h6-7,10-11,19H,5,8-9H2,1-4H3,(H,20,21). The minimum atomic E-state index is -0.234. The smallest absolute Gasteiger partial charge is 0.237 e. The fourth-order valence-electron chi connectivity index (χ4n) is 1.77. The van der Waals surface area contributed by atoms with E-state index in [1.165, 1.54) is 0 Å². The third-order valence-electron chi connectivity index (χ3n) is 3.60. The van der Waals surface area contributed by atoms with Crippen molar-refractivity contribution in [3.05, 3.63) is 33.8 Å². The maximum absolute atomic E-state index is 12.1. The normalized spacial score (nSPS) is 13.0. The van der Waals surface area contributed by atoms with Gasteiger partial charge >= 0.3 is 0 Å². The Morgan fingerprint density at radius 3 is 2.57 bits per heavy atom. The van der Waals surface area contributed by atoms with Gasteiger partial charge in [-0.25, -0.2) is 0 Å². The molecule has 21 heavy (non-hydrogen) atoms. The first-order valence-electron chi connectivity index (χ1n) is 7.24. The Kier molecular flexibility index (Phi) is 6.98. The summed E-state index contributed by atoms with van der Waals surface area (Å²) in [5, 5.41) is 7.54. The predicted octanol–water partition coefficient (Wildman–Crippen LogP) is 3.82. The van der Waals surface area contributed by atoms with Crippen LogP contribution in [-0.2, 0) is 11.2 Å². The van der Waals surface area contributed by atoms with E-state index in [9.17, 15) is 4.79 Å². The summed E-state index contributed by atoms with van der Waals surface area (Å²) < 4.78 is 0. The van der Waals surface area contributed by atoms with Gasteiger partial charge in [-0.15, -0.1) is 0 Å². The lowest BCUT2D eigenvalue weighted by Gasteiger charge is -2.26. The number of rotatable bonds is 7. The minimum Gasteiger partial charge on any atom is -0.350 e.